The van der Waals surface area contributed by atoms with Gasteiger partial charge in [-0.1, -0.05) is 30.3 Å². The molecule has 1 fully saturated rings. The number of nitrogens with zero attached hydrogens (tertiary/aromatic N) is 3. The topological polar surface area (TPSA) is 62.2 Å². The summed E-state index contributed by atoms with van der Waals surface area (Å²) in [6, 6.07) is 10.5. The maximum Gasteiger partial charge on any atom is 0.225 e. The summed E-state index contributed by atoms with van der Waals surface area (Å²) in [4.78, 5) is 14.9. The molecule has 0 bridgehead atoms. The lowest BCUT2D eigenvalue weighted by atomic mass is 9.90. The molecule has 0 aliphatic carbocycles. The fraction of sp³-hybridized carbons (Fsp3) is 0.474. The molecule has 2 aromatic rings. The Kier molecular flexibility index (Phi) is 5.50. The Labute approximate surface area is 149 Å². The molecule has 2 N–H and O–H groups in total. The minimum absolute atomic E-state index is 0.0530. The lowest BCUT2D eigenvalue weighted by molar-refractivity contribution is -0.125. The molecule has 1 aliphatic heterocycles. The van der Waals surface area contributed by atoms with Crippen molar-refractivity contribution >= 4 is 5.91 Å². The van der Waals surface area contributed by atoms with Crippen molar-refractivity contribution in [2.24, 2.45) is 13.0 Å². The van der Waals surface area contributed by atoms with Crippen LogP contribution in [0.3, 0.4) is 0 Å². The zero-order valence-electron chi connectivity index (χ0n) is 15.1. The van der Waals surface area contributed by atoms with Crippen LogP contribution < -0.4 is 10.6 Å². The third-order valence-electron chi connectivity index (χ3n) is 4.98. The highest BCUT2D eigenvalue weighted by molar-refractivity contribution is 5.80. The Hall–Kier alpha value is -2.18. The summed E-state index contributed by atoms with van der Waals surface area (Å²) in [5.41, 5.74) is 2.33. The predicted molar refractivity (Wildman–Crippen MR) is 98.2 cm³/mol. The van der Waals surface area contributed by atoms with Crippen molar-refractivity contribution in [3.63, 3.8) is 0 Å². The summed E-state index contributed by atoms with van der Waals surface area (Å²) >= 11 is 0. The van der Waals surface area contributed by atoms with Crippen molar-refractivity contribution in [3.05, 3.63) is 53.9 Å². The van der Waals surface area contributed by atoms with Crippen molar-refractivity contribution in [3.8, 4) is 0 Å². The van der Waals surface area contributed by atoms with Crippen LogP contribution >= 0.6 is 0 Å². The molecular weight excluding hydrogens is 314 g/mol. The van der Waals surface area contributed by atoms with Gasteiger partial charge < -0.3 is 15.5 Å². The van der Waals surface area contributed by atoms with E-state index >= 15 is 0 Å². The normalized spacial score (nSPS) is 21.4. The van der Waals surface area contributed by atoms with Gasteiger partial charge in [0, 0.05) is 38.8 Å². The second-order valence-corrected chi connectivity index (χ2v) is 6.95. The van der Waals surface area contributed by atoms with E-state index in [4.69, 9.17) is 0 Å². The maximum atomic E-state index is 12.8. The lowest BCUT2D eigenvalue weighted by Crippen LogP contribution is -2.39. The largest absolute Gasteiger partial charge is 0.354 e. The van der Waals surface area contributed by atoms with Gasteiger partial charge in [-0.3, -0.25) is 9.48 Å². The van der Waals surface area contributed by atoms with Crippen LogP contribution in [0.25, 0.3) is 0 Å². The van der Waals surface area contributed by atoms with Crippen LogP contribution in [0.4, 0.5) is 0 Å². The van der Waals surface area contributed by atoms with Crippen molar-refractivity contribution < 1.29 is 4.79 Å². The second kappa shape index (κ2) is 7.80. The van der Waals surface area contributed by atoms with E-state index in [2.05, 4.69) is 32.8 Å². The Morgan fingerprint density at radius 3 is 2.76 bits per heavy atom. The molecule has 2 heterocycles. The zero-order chi connectivity index (χ0) is 17.8. The van der Waals surface area contributed by atoms with Gasteiger partial charge >= 0.3 is 0 Å². The van der Waals surface area contributed by atoms with Crippen LogP contribution in [0.15, 0.2) is 42.7 Å². The van der Waals surface area contributed by atoms with E-state index in [9.17, 15) is 4.79 Å². The Morgan fingerprint density at radius 1 is 1.36 bits per heavy atom. The van der Waals surface area contributed by atoms with Crippen molar-refractivity contribution in [2.45, 2.75) is 12.0 Å². The van der Waals surface area contributed by atoms with Gasteiger partial charge in [-0.25, -0.2) is 0 Å². The highest BCUT2D eigenvalue weighted by Gasteiger charge is 2.34. The van der Waals surface area contributed by atoms with Gasteiger partial charge in [-0.2, -0.15) is 5.10 Å². The van der Waals surface area contributed by atoms with E-state index in [1.54, 1.807) is 4.68 Å². The summed E-state index contributed by atoms with van der Waals surface area (Å²) < 4.78 is 1.79. The van der Waals surface area contributed by atoms with E-state index in [1.807, 2.05) is 51.7 Å². The first kappa shape index (κ1) is 17.6. The number of aryl methyl sites for hydroxylation is 1. The Balaban J connectivity index is 1.64. The predicted octanol–water partition coefficient (Wildman–Crippen LogP) is 1.14. The number of carbonyl (C=O) groups excluding carboxylic acids is 1. The van der Waals surface area contributed by atoms with E-state index in [1.165, 1.54) is 5.56 Å². The molecule has 25 heavy (non-hydrogen) atoms. The number of nitrogens with one attached hydrogen (secondary N) is 2. The molecule has 1 aromatic heterocycles. The lowest BCUT2D eigenvalue weighted by Gasteiger charge is -2.26. The number of aromatic nitrogens is 2. The molecule has 1 amide bonds. The third kappa shape index (κ3) is 4.08. The van der Waals surface area contributed by atoms with Crippen LogP contribution in [-0.2, 0) is 11.8 Å². The van der Waals surface area contributed by atoms with Gasteiger partial charge in [0.15, 0.2) is 0 Å². The van der Waals surface area contributed by atoms with Crippen LogP contribution in [0.5, 0.6) is 0 Å². The minimum Gasteiger partial charge on any atom is -0.354 e. The minimum atomic E-state index is -0.0530. The first-order valence-corrected chi connectivity index (χ1v) is 8.74. The van der Waals surface area contributed by atoms with Crippen LogP contribution in [-0.4, -0.2) is 54.3 Å². The number of hydrogen-bond acceptors (Lipinski definition) is 4. The van der Waals surface area contributed by atoms with Crippen molar-refractivity contribution in [2.75, 3.05) is 33.7 Å². The van der Waals surface area contributed by atoms with E-state index in [-0.39, 0.29) is 23.8 Å². The summed E-state index contributed by atoms with van der Waals surface area (Å²) in [6.07, 6.45) is 3.87. The van der Waals surface area contributed by atoms with Gasteiger partial charge in [0.05, 0.1) is 18.2 Å². The quantitative estimate of drug-likeness (QED) is 0.827. The average molecular weight is 341 g/mol. The number of amides is 1. The van der Waals surface area contributed by atoms with Gasteiger partial charge in [-0.05, 0) is 25.2 Å². The summed E-state index contributed by atoms with van der Waals surface area (Å²) in [5.74, 6) is 0.243. The zero-order valence-corrected chi connectivity index (χ0v) is 15.1. The smallest absolute Gasteiger partial charge is 0.225 e. The summed E-state index contributed by atoms with van der Waals surface area (Å²) in [5, 5.41) is 10.8. The summed E-state index contributed by atoms with van der Waals surface area (Å²) in [6.45, 7) is 2.13. The maximum absolute atomic E-state index is 12.8. The van der Waals surface area contributed by atoms with Crippen molar-refractivity contribution in [1.29, 1.82) is 0 Å². The highest BCUT2D eigenvalue weighted by Crippen LogP contribution is 2.28. The Bertz CT molecular complexity index is 697. The van der Waals surface area contributed by atoms with E-state index in [0.29, 0.717) is 13.1 Å². The van der Waals surface area contributed by atoms with Crippen LogP contribution in [0.1, 0.15) is 23.1 Å². The molecule has 1 aromatic carbocycles. The van der Waals surface area contributed by atoms with Crippen LogP contribution in [0.2, 0.25) is 0 Å². The second-order valence-electron chi connectivity index (χ2n) is 6.95. The molecule has 1 unspecified atom stereocenters. The first-order chi connectivity index (χ1) is 12.1. The fourth-order valence-electron chi connectivity index (χ4n) is 3.54. The van der Waals surface area contributed by atoms with E-state index in [0.717, 1.165) is 12.1 Å². The third-order valence-corrected chi connectivity index (χ3v) is 4.98. The average Bonchev–Trinajstić information content (AvgIpc) is 3.24. The van der Waals surface area contributed by atoms with Gasteiger partial charge in [0.2, 0.25) is 5.91 Å². The van der Waals surface area contributed by atoms with Gasteiger partial charge in [0.1, 0.15) is 0 Å². The molecule has 1 saturated heterocycles. The number of benzene rings is 1. The summed E-state index contributed by atoms with van der Waals surface area (Å²) in [7, 11) is 5.99. The highest BCUT2D eigenvalue weighted by atomic mass is 16.1. The van der Waals surface area contributed by atoms with E-state index < -0.39 is 0 Å². The fourth-order valence-corrected chi connectivity index (χ4v) is 3.54. The molecule has 0 radical (unpaired) electrons. The Morgan fingerprint density at radius 2 is 2.12 bits per heavy atom. The molecule has 0 saturated carbocycles. The van der Waals surface area contributed by atoms with Crippen LogP contribution in [0, 0.1) is 5.92 Å². The number of hydrogen-bond donors (Lipinski definition) is 2. The molecule has 0 spiro atoms. The molecule has 3 atom stereocenters. The first-order valence-electron chi connectivity index (χ1n) is 8.74. The molecule has 3 rings (SSSR count). The van der Waals surface area contributed by atoms with Gasteiger partial charge in [-0.15, -0.1) is 0 Å². The number of likely N-dealkylation sites (N-methyl/N-ethyl adjacent to an activating group) is 1. The SMILES string of the molecule is CN(C)C(CNC(=O)[C@H]1CNC[C@@H]1c1cnn(C)c1)c1ccccc1. The monoisotopic (exact) mass is 341 g/mol. The standard InChI is InChI=1S/C19H27N5O/c1-23(2)18(14-7-5-4-6-8-14)12-21-19(25)17-11-20-10-16(17)15-9-22-24(3)13-15/h4-9,13,16-18,20H,10-12H2,1-3H3,(H,21,25)/t16-,17+,18?/m1/s1. The number of rotatable bonds is 6. The van der Waals surface area contributed by atoms with Gasteiger partial charge in [0.25, 0.3) is 0 Å². The van der Waals surface area contributed by atoms with Crippen molar-refractivity contribution in [1.82, 2.24) is 25.3 Å². The molecule has 1 aliphatic rings. The molecule has 134 valence electrons. The molecular formula is C19H27N5O. The molecule has 6 nitrogen and oxygen atoms in total. The molecule has 6 heteroatoms. The number of carbonyl (C=O) groups is 1.